The topological polar surface area (TPSA) is 66.8 Å². The molecule has 1 saturated heterocycles. The highest BCUT2D eigenvalue weighted by atomic mass is 16.5. The molecule has 5 nitrogen and oxygen atoms in total. The van der Waals surface area contributed by atoms with Crippen LogP contribution in [0.4, 0.5) is 0 Å². The number of hydrogen-bond donors (Lipinski definition) is 1. The molecule has 1 atom stereocenters. The Labute approximate surface area is 111 Å². The van der Waals surface area contributed by atoms with Crippen LogP contribution in [0.1, 0.15) is 23.2 Å². The van der Waals surface area contributed by atoms with E-state index in [1.807, 2.05) is 0 Å². The maximum Gasteiger partial charge on any atom is 0.310 e. The minimum atomic E-state index is -0.261. The van der Waals surface area contributed by atoms with Gasteiger partial charge in [0.05, 0.1) is 13.0 Å². The summed E-state index contributed by atoms with van der Waals surface area (Å²) in [4.78, 5) is 25.4. The van der Waals surface area contributed by atoms with Gasteiger partial charge in [0.2, 0.25) is 0 Å². The lowest BCUT2D eigenvalue weighted by molar-refractivity contribution is -0.146. The molecule has 0 aromatic heterocycles. The van der Waals surface area contributed by atoms with Crippen LogP contribution < -0.4 is 0 Å². The lowest BCUT2D eigenvalue weighted by Gasteiger charge is -2.31. The van der Waals surface area contributed by atoms with Crippen LogP contribution in [-0.2, 0) is 9.53 Å². The first-order chi connectivity index (χ1) is 9.11. The van der Waals surface area contributed by atoms with Gasteiger partial charge in [-0.1, -0.05) is 0 Å². The Morgan fingerprint density at radius 1 is 1.32 bits per heavy atom. The van der Waals surface area contributed by atoms with Gasteiger partial charge in [0.1, 0.15) is 5.75 Å². The molecule has 1 aliphatic heterocycles. The summed E-state index contributed by atoms with van der Waals surface area (Å²) in [6, 6.07) is 6.13. The largest absolute Gasteiger partial charge is 0.508 e. The molecule has 0 bridgehead atoms. The molecule has 5 heteroatoms. The number of nitrogens with zero attached hydrogens (tertiary/aromatic N) is 1. The van der Waals surface area contributed by atoms with E-state index in [0.29, 0.717) is 18.7 Å². The monoisotopic (exact) mass is 263 g/mol. The van der Waals surface area contributed by atoms with Gasteiger partial charge in [-0.3, -0.25) is 9.59 Å². The highest BCUT2D eigenvalue weighted by Crippen LogP contribution is 2.20. The van der Waals surface area contributed by atoms with E-state index in [0.717, 1.165) is 12.8 Å². The van der Waals surface area contributed by atoms with E-state index in [9.17, 15) is 14.7 Å². The first-order valence-electron chi connectivity index (χ1n) is 6.28. The van der Waals surface area contributed by atoms with Gasteiger partial charge in [-0.15, -0.1) is 0 Å². The quantitative estimate of drug-likeness (QED) is 0.819. The van der Waals surface area contributed by atoms with E-state index in [4.69, 9.17) is 4.74 Å². The van der Waals surface area contributed by atoms with Crippen molar-refractivity contribution in [1.29, 1.82) is 0 Å². The first-order valence-corrected chi connectivity index (χ1v) is 6.28. The number of rotatable bonds is 2. The number of piperidine rings is 1. The van der Waals surface area contributed by atoms with Crippen LogP contribution in [0.25, 0.3) is 0 Å². The number of benzene rings is 1. The standard InChI is InChI=1S/C14H17NO4/c1-19-14(18)11-3-2-8-15(9-11)13(17)10-4-6-12(16)7-5-10/h4-7,11,16H,2-3,8-9H2,1H3/t11-/m0/s1. The number of likely N-dealkylation sites (tertiary alicyclic amines) is 1. The van der Waals surface area contributed by atoms with Gasteiger partial charge >= 0.3 is 5.97 Å². The fourth-order valence-electron chi connectivity index (χ4n) is 2.31. The van der Waals surface area contributed by atoms with Crippen LogP contribution in [0.2, 0.25) is 0 Å². The summed E-state index contributed by atoms with van der Waals surface area (Å²) < 4.78 is 4.73. The third-order valence-electron chi connectivity index (χ3n) is 3.36. The molecular formula is C14H17NO4. The average Bonchev–Trinajstić information content (AvgIpc) is 2.46. The molecule has 19 heavy (non-hydrogen) atoms. The molecule has 0 radical (unpaired) electrons. The fourth-order valence-corrected chi connectivity index (χ4v) is 2.31. The van der Waals surface area contributed by atoms with Crippen molar-refractivity contribution in [2.24, 2.45) is 5.92 Å². The van der Waals surface area contributed by atoms with E-state index < -0.39 is 0 Å². The first kappa shape index (κ1) is 13.4. The molecule has 1 amide bonds. The second kappa shape index (κ2) is 5.73. The van der Waals surface area contributed by atoms with Crippen LogP contribution in [0, 0.1) is 5.92 Å². The molecule has 1 N–H and O–H groups in total. The SMILES string of the molecule is COC(=O)[C@H]1CCCN(C(=O)c2ccc(O)cc2)C1. The third kappa shape index (κ3) is 3.05. The Morgan fingerprint density at radius 3 is 2.63 bits per heavy atom. The Kier molecular flexibility index (Phi) is 4.04. The smallest absolute Gasteiger partial charge is 0.310 e. The van der Waals surface area contributed by atoms with Crippen molar-refractivity contribution in [2.75, 3.05) is 20.2 Å². The molecule has 0 saturated carbocycles. The van der Waals surface area contributed by atoms with Crippen molar-refractivity contribution in [2.45, 2.75) is 12.8 Å². The van der Waals surface area contributed by atoms with Crippen LogP contribution >= 0.6 is 0 Å². The van der Waals surface area contributed by atoms with Crippen molar-refractivity contribution in [3.8, 4) is 5.75 Å². The van der Waals surface area contributed by atoms with Crippen LogP contribution in [0.3, 0.4) is 0 Å². The Hall–Kier alpha value is -2.04. The molecule has 0 spiro atoms. The van der Waals surface area contributed by atoms with Crippen LogP contribution in [0.15, 0.2) is 24.3 Å². The molecule has 1 aliphatic rings. The van der Waals surface area contributed by atoms with Crippen molar-refractivity contribution >= 4 is 11.9 Å². The number of carbonyl (C=O) groups excluding carboxylic acids is 2. The maximum absolute atomic E-state index is 12.3. The molecule has 0 unspecified atom stereocenters. The second-order valence-corrected chi connectivity index (χ2v) is 4.66. The van der Waals surface area contributed by atoms with Crippen LogP contribution in [-0.4, -0.2) is 42.1 Å². The van der Waals surface area contributed by atoms with Crippen molar-refractivity contribution < 1.29 is 19.4 Å². The molecule has 2 rings (SSSR count). The van der Waals surface area contributed by atoms with Gasteiger partial charge < -0.3 is 14.7 Å². The summed E-state index contributed by atoms with van der Waals surface area (Å²) in [6.07, 6.45) is 1.55. The van der Waals surface area contributed by atoms with Crippen LogP contribution in [0.5, 0.6) is 5.75 Å². The third-order valence-corrected chi connectivity index (χ3v) is 3.36. The number of aromatic hydroxyl groups is 1. The predicted octanol–water partition coefficient (Wildman–Crippen LogP) is 1.42. The summed E-state index contributed by atoms with van der Waals surface area (Å²) in [6.45, 7) is 1.04. The lowest BCUT2D eigenvalue weighted by atomic mass is 9.97. The van der Waals surface area contributed by atoms with Crippen molar-refractivity contribution in [1.82, 2.24) is 4.90 Å². The Balaban J connectivity index is 2.06. The Bertz CT molecular complexity index is 469. The van der Waals surface area contributed by atoms with Gasteiger partial charge in [0.25, 0.3) is 5.91 Å². The minimum Gasteiger partial charge on any atom is -0.508 e. The van der Waals surface area contributed by atoms with Gasteiger partial charge in [0.15, 0.2) is 0 Å². The second-order valence-electron chi connectivity index (χ2n) is 4.66. The molecule has 102 valence electrons. The summed E-state index contributed by atoms with van der Waals surface area (Å²) in [5.41, 5.74) is 0.517. The summed E-state index contributed by atoms with van der Waals surface area (Å²) in [7, 11) is 1.36. The number of phenols is 1. The highest BCUT2D eigenvalue weighted by molar-refractivity contribution is 5.94. The number of ether oxygens (including phenoxy) is 1. The lowest BCUT2D eigenvalue weighted by Crippen LogP contribution is -2.42. The van der Waals surface area contributed by atoms with Crippen molar-refractivity contribution in [3.05, 3.63) is 29.8 Å². The van der Waals surface area contributed by atoms with E-state index in [-0.39, 0.29) is 23.5 Å². The zero-order valence-electron chi connectivity index (χ0n) is 10.8. The summed E-state index contributed by atoms with van der Waals surface area (Å²) in [5.74, 6) is -0.487. The predicted molar refractivity (Wildman–Crippen MR) is 68.8 cm³/mol. The van der Waals surface area contributed by atoms with Gasteiger partial charge in [0, 0.05) is 18.7 Å². The number of carbonyl (C=O) groups is 2. The van der Waals surface area contributed by atoms with E-state index in [2.05, 4.69) is 0 Å². The average molecular weight is 263 g/mol. The minimum absolute atomic E-state index is 0.117. The Morgan fingerprint density at radius 2 is 2.00 bits per heavy atom. The molecular weight excluding hydrogens is 246 g/mol. The van der Waals surface area contributed by atoms with Gasteiger partial charge in [-0.05, 0) is 37.1 Å². The molecule has 1 aromatic rings. The van der Waals surface area contributed by atoms with E-state index >= 15 is 0 Å². The van der Waals surface area contributed by atoms with Gasteiger partial charge in [-0.2, -0.15) is 0 Å². The van der Waals surface area contributed by atoms with E-state index in [1.54, 1.807) is 17.0 Å². The number of phenolic OH excluding ortho intramolecular Hbond substituents is 1. The number of methoxy groups -OCH3 is 1. The molecule has 0 aliphatic carbocycles. The zero-order valence-corrected chi connectivity index (χ0v) is 10.8. The zero-order chi connectivity index (χ0) is 13.8. The number of esters is 1. The summed E-state index contributed by atoms with van der Waals surface area (Å²) >= 11 is 0. The molecule has 1 aromatic carbocycles. The normalized spacial score (nSPS) is 19.0. The highest BCUT2D eigenvalue weighted by Gasteiger charge is 2.29. The summed E-state index contributed by atoms with van der Waals surface area (Å²) in [5, 5.41) is 9.21. The number of amides is 1. The molecule has 1 fully saturated rings. The van der Waals surface area contributed by atoms with Gasteiger partial charge in [-0.25, -0.2) is 0 Å². The fraction of sp³-hybridized carbons (Fsp3) is 0.429. The maximum atomic E-state index is 12.3. The van der Waals surface area contributed by atoms with E-state index in [1.165, 1.54) is 19.2 Å². The van der Waals surface area contributed by atoms with Crippen molar-refractivity contribution in [3.63, 3.8) is 0 Å². The number of hydrogen-bond acceptors (Lipinski definition) is 4. The molecule has 1 heterocycles.